The molecule has 114 valence electrons. The van der Waals surface area contributed by atoms with Crippen LogP contribution in [-0.2, 0) is 0 Å². The molecule has 0 aromatic heterocycles. The lowest BCUT2D eigenvalue weighted by Gasteiger charge is -2.35. The zero-order valence-corrected chi connectivity index (χ0v) is 12.0. The van der Waals surface area contributed by atoms with Crippen LogP contribution in [0, 0.1) is 0 Å². The Balaban J connectivity index is 2.13. The van der Waals surface area contributed by atoms with E-state index < -0.39 is 12.7 Å². The normalized spacial score (nSPS) is 20.7. The lowest BCUT2D eigenvalue weighted by Crippen LogP contribution is -2.49. The molecule has 0 saturated carbocycles. The predicted molar refractivity (Wildman–Crippen MR) is 71.3 cm³/mol. The molecule has 0 aliphatic carbocycles. The lowest BCUT2D eigenvalue weighted by atomic mass is 10.2. The van der Waals surface area contributed by atoms with Crippen LogP contribution in [0.3, 0.4) is 0 Å². The summed E-state index contributed by atoms with van der Waals surface area (Å²) in [6.07, 6.45) is -1.89. The highest BCUT2D eigenvalue weighted by atomic mass is 19.4. The molecule has 1 aliphatic rings. The second-order valence-electron chi connectivity index (χ2n) is 5.38. The van der Waals surface area contributed by atoms with E-state index in [0.717, 1.165) is 39.0 Å². The van der Waals surface area contributed by atoms with Crippen LogP contribution in [0.25, 0.3) is 0 Å². The van der Waals surface area contributed by atoms with Crippen molar-refractivity contribution >= 4 is 0 Å². The Hall–Kier alpha value is -0.330. The minimum atomic E-state index is -4.07. The number of piperazine rings is 1. The van der Waals surface area contributed by atoms with Gasteiger partial charge in [-0.25, -0.2) is 0 Å². The molecular weight excluding hydrogens is 255 g/mol. The number of nitrogens with zero attached hydrogens (tertiary/aromatic N) is 2. The van der Waals surface area contributed by atoms with Crippen LogP contribution in [0.1, 0.15) is 26.7 Å². The fourth-order valence-electron chi connectivity index (χ4n) is 2.29. The Labute approximate surface area is 114 Å². The van der Waals surface area contributed by atoms with Gasteiger partial charge >= 0.3 is 6.18 Å². The average Bonchev–Trinajstić information content (AvgIpc) is 2.33. The van der Waals surface area contributed by atoms with Crippen molar-refractivity contribution in [1.82, 2.24) is 15.1 Å². The van der Waals surface area contributed by atoms with Gasteiger partial charge in [0.05, 0.1) is 6.54 Å². The van der Waals surface area contributed by atoms with Crippen molar-refractivity contribution < 1.29 is 13.2 Å². The minimum Gasteiger partial charge on any atom is -0.314 e. The molecule has 1 aliphatic heterocycles. The van der Waals surface area contributed by atoms with Gasteiger partial charge in [0, 0.05) is 32.2 Å². The summed E-state index contributed by atoms with van der Waals surface area (Å²) in [4.78, 5) is 3.76. The fourth-order valence-corrected chi connectivity index (χ4v) is 2.29. The highest BCUT2D eigenvalue weighted by Crippen LogP contribution is 2.17. The summed E-state index contributed by atoms with van der Waals surface area (Å²) in [5.74, 6) is 0. The van der Waals surface area contributed by atoms with E-state index in [0.29, 0.717) is 19.1 Å². The van der Waals surface area contributed by atoms with E-state index in [1.807, 2.05) is 0 Å². The first kappa shape index (κ1) is 16.7. The Morgan fingerprint density at radius 3 is 2.21 bits per heavy atom. The van der Waals surface area contributed by atoms with Crippen molar-refractivity contribution in [2.24, 2.45) is 0 Å². The van der Waals surface area contributed by atoms with Crippen molar-refractivity contribution in [2.45, 2.75) is 38.9 Å². The van der Waals surface area contributed by atoms with Crippen molar-refractivity contribution in [3.05, 3.63) is 0 Å². The quantitative estimate of drug-likeness (QED) is 0.769. The summed E-state index contributed by atoms with van der Waals surface area (Å²) in [7, 11) is 0. The maximum absolute atomic E-state index is 12.2. The fraction of sp³-hybridized carbons (Fsp3) is 1.00. The van der Waals surface area contributed by atoms with Gasteiger partial charge in [0.2, 0.25) is 0 Å². The summed E-state index contributed by atoms with van der Waals surface area (Å²) >= 11 is 0. The monoisotopic (exact) mass is 281 g/mol. The Morgan fingerprint density at radius 1 is 1.11 bits per heavy atom. The molecule has 6 heteroatoms. The van der Waals surface area contributed by atoms with Crippen LogP contribution in [0.15, 0.2) is 0 Å². The Kier molecular flexibility index (Phi) is 7.10. The Bertz CT molecular complexity index is 238. The third kappa shape index (κ3) is 7.74. The third-order valence-electron chi connectivity index (χ3n) is 3.49. The Morgan fingerprint density at radius 2 is 1.68 bits per heavy atom. The van der Waals surface area contributed by atoms with E-state index in [1.54, 1.807) is 0 Å². The van der Waals surface area contributed by atoms with E-state index in [4.69, 9.17) is 0 Å². The van der Waals surface area contributed by atoms with Gasteiger partial charge in [0.25, 0.3) is 0 Å². The van der Waals surface area contributed by atoms with E-state index in [2.05, 4.69) is 24.1 Å². The largest absolute Gasteiger partial charge is 0.401 e. The second-order valence-corrected chi connectivity index (χ2v) is 5.38. The van der Waals surface area contributed by atoms with Crippen molar-refractivity contribution in [1.29, 1.82) is 0 Å². The first-order chi connectivity index (χ1) is 8.90. The van der Waals surface area contributed by atoms with Crippen LogP contribution in [-0.4, -0.2) is 67.8 Å². The third-order valence-corrected chi connectivity index (χ3v) is 3.49. The highest BCUT2D eigenvalue weighted by Gasteiger charge is 2.31. The molecule has 1 atom stereocenters. The summed E-state index contributed by atoms with van der Waals surface area (Å²) in [5, 5.41) is 3.43. The van der Waals surface area contributed by atoms with Crippen LogP contribution in [0.4, 0.5) is 13.2 Å². The van der Waals surface area contributed by atoms with Crippen LogP contribution < -0.4 is 5.32 Å². The van der Waals surface area contributed by atoms with E-state index in [-0.39, 0.29) is 0 Å². The molecule has 19 heavy (non-hydrogen) atoms. The number of hydrogen-bond acceptors (Lipinski definition) is 3. The first-order valence-electron chi connectivity index (χ1n) is 7.15. The van der Waals surface area contributed by atoms with Crippen molar-refractivity contribution in [2.75, 3.05) is 45.8 Å². The number of rotatable bonds is 7. The number of alkyl halides is 3. The number of hydrogen-bond donors (Lipinski definition) is 1. The van der Waals surface area contributed by atoms with Gasteiger partial charge in [-0.3, -0.25) is 4.90 Å². The van der Waals surface area contributed by atoms with Crippen molar-refractivity contribution in [3.63, 3.8) is 0 Å². The zero-order chi connectivity index (χ0) is 14.3. The standard InChI is InChI=1S/C13H26F3N3/c1-3-5-17-12(2)4-6-18-7-9-19(10-8-18)11-13(14,15)16/h12,17H,3-11H2,1-2H3. The van der Waals surface area contributed by atoms with Gasteiger partial charge in [0.1, 0.15) is 0 Å². The van der Waals surface area contributed by atoms with Gasteiger partial charge in [-0.15, -0.1) is 0 Å². The second kappa shape index (κ2) is 8.07. The molecule has 0 bridgehead atoms. The molecule has 1 rings (SSSR count). The van der Waals surface area contributed by atoms with Gasteiger partial charge in [0.15, 0.2) is 0 Å². The topological polar surface area (TPSA) is 18.5 Å². The summed E-state index contributed by atoms with van der Waals surface area (Å²) in [6.45, 7) is 8.07. The molecule has 1 fully saturated rings. The van der Waals surface area contributed by atoms with E-state index in [1.165, 1.54) is 4.90 Å². The molecule has 1 unspecified atom stereocenters. The smallest absolute Gasteiger partial charge is 0.314 e. The maximum atomic E-state index is 12.2. The molecule has 0 radical (unpaired) electrons. The lowest BCUT2D eigenvalue weighted by molar-refractivity contribution is -0.149. The van der Waals surface area contributed by atoms with Crippen LogP contribution >= 0.6 is 0 Å². The SMILES string of the molecule is CCCNC(C)CCN1CCN(CC(F)(F)F)CC1. The molecule has 1 N–H and O–H groups in total. The molecule has 0 aromatic rings. The minimum absolute atomic E-state index is 0.480. The summed E-state index contributed by atoms with van der Waals surface area (Å²) < 4.78 is 36.7. The molecule has 3 nitrogen and oxygen atoms in total. The highest BCUT2D eigenvalue weighted by molar-refractivity contribution is 4.75. The van der Waals surface area contributed by atoms with E-state index in [9.17, 15) is 13.2 Å². The molecule has 0 spiro atoms. The molecule has 0 amide bonds. The molecular formula is C13H26F3N3. The molecule has 1 saturated heterocycles. The number of halogens is 3. The summed E-state index contributed by atoms with van der Waals surface area (Å²) in [5.41, 5.74) is 0. The molecule has 0 aromatic carbocycles. The predicted octanol–water partition coefficient (Wildman–Crippen LogP) is 1.94. The van der Waals surface area contributed by atoms with Crippen LogP contribution in [0.2, 0.25) is 0 Å². The van der Waals surface area contributed by atoms with Gasteiger partial charge in [-0.05, 0) is 32.9 Å². The first-order valence-corrected chi connectivity index (χ1v) is 7.15. The average molecular weight is 281 g/mol. The maximum Gasteiger partial charge on any atom is 0.401 e. The van der Waals surface area contributed by atoms with E-state index >= 15 is 0 Å². The van der Waals surface area contributed by atoms with Crippen LogP contribution in [0.5, 0.6) is 0 Å². The van der Waals surface area contributed by atoms with Gasteiger partial charge in [-0.1, -0.05) is 6.92 Å². The summed E-state index contributed by atoms with van der Waals surface area (Å²) in [6, 6.07) is 0.480. The van der Waals surface area contributed by atoms with Gasteiger partial charge < -0.3 is 10.2 Å². The molecule has 1 heterocycles. The van der Waals surface area contributed by atoms with Gasteiger partial charge in [-0.2, -0.15) is 13.2 Å². The number of nitrogens with one attached hydrogen (secondary N) is 1. The van der Waals surface area contributed by atoms with Crippen molar-refractivity contribution in [3.8, 4) is 0 Å². The zero-order valence-electron chi connectivity index (χ0n) is 12.0.